The Morgan fingerprint density at radius 3 is 2.50 bits per heavy atom. The lowest BCUT2D eigenvalue weighted by Crippen LogP contribution is -2.48. The number of rotatable bonds is 3. The van der Waals surface area contributed by atoms with E-state index in [9.17, 15) is 9.90 Å². The van der Waals surface area contributed by atoms with Crippen LogP contribution in [0.15, 0.2) is 40.8 Å². The summed E-state index contributed by atoms with van der Waals surface area (Å²) in [5.41, 5.74) is 6.29. The zero-order valence-electron chi connectivity index (χ0n) is 12.2. The highest BCUT2D eigenvalue weighted by Crippen LogP contribution is 2.27. The normalized spacial score (nSPS) is 15.1. The van der Waals surface area contributed by atoms with E-state index in [0.29, 0.717) is 37.7 Å². The van der Waals surface area contributed by atoms with Gasteiger partial charge in [-0.2, -0.15) is 0 Å². The molecular formula is C16H19N3O3. The third kappa shape index (κ3) is 2.78. The van der Waals surface area contributed by atoms with Gasteiger partial charge in [0.1, 0.15) is 11.5 Å². The summed E-state index contributed by atoms with van der Waals surface area (Å²) in [6, 6.07) is 10.6. The van der Waals surface area contributed by atoms with Crippen LogP contribution in [0.3, 0.4) is 0 Å². The van der Waals surface area contributed by atoms with E-state index < -0.39 is 0 Å². The standard InChI is InChI=1S/C16H19N3O3/c17-11-12-5-6-15(22-12)16(21)19-9-7-18(8-10-19)13-3-1-2-4-14(13)20/h1-6,20H,7-11,17H2. The van der Waals surface area contributed by atoms with Crippen LogP contribution in [-0.4, -0.2) is 42.1 Å². The van der Waals surface area contributed by atoms with Gasteiger partial charge in [-0.25, -0.2) is 0 Å². The molecular weight excluding hydrogens is 282 g/mol. The summed E-state index contributed by atoms with van der Waals surface area (Å²) in [5.74, 6) is 1.09. The summed E-state index contributed by atoms with van der Waals surface area (Å²) in [6.45, 7) is 2.81. The molecule has 116 valence electrons. The number of benzene rings is 1. The van der Waals surface area contributed by atoms with Gasteiger partial charge in [-0.05, 0) is 24.3 Å². The van der Waals surface area contributed by atoms with E-state index in [1.165, 1.54) is 0 Å². The summed E-state index contributed by atoms with van der Waals surface area (Å²) < 4.78 is 5.41. The van der Waals surface area contributed by atoms with Gasteiger partial charge in [0.25, 0.3) is 5.91 Å². The fourth-order valence-corrected chi connectivity index (χ4v) is 2.64. The molecule has 2 heterocycles. The SMILES string of the molecule is NCc1ccc(C(=O)N2CCN(c3ccccc3O)CC2)o1. The van der Waals surface area contributed by atoms with Crippen molar-refractivity contribution in [1.29, 1.82) is 0 Å². The van der Waals surface area contributed by atoms with Crippen LogP contribution >= 0.6 is 0 Å². The van der Waals surface area contributed by atoms with Gasteiger partial charge in [0, 0.05) is 26.2 Å². The molecule has 3 rings (SSSR count). The molecule has 2 aromatic rings. The molecule has 1 fully saturated rings. The lowest BCUT2D eigenvalue weighted by molar-refractivity contribution is 0.0713. The molecule has 0 unspecified atom stereocenters. The van der Waals surface area contributed by atoms with Crippen molar-refractivity contribution >= 4 is 11.6 Å². The third-order valence-electron chi connectivity index (χ3n) is 3.86. The fourth-order valence-electron chi connectivity index (χ4n) is 2.64. The van der Waals surface area contributed by atoms with E-state index >= 15 is 0 Å². The Morgan fingerprint density at radius 1 is 1.14 bits per heavy atom. The first-order chi connectivity index (χ1) is 10.7. The van der Waals surface area contributed by atoms with E-state index in [1.54, 1.807) is 29.2 Å². The Labute approximate surface area is 128 Å². The van der Waals surface area contributed by atoms with Crippen LogP contribution in [0.25, 0.3) is 0 Å². The highest BCUT2D eigenvalue weighted by atomic mass is 16.4. The van der Waals surface area contributed by atoms with Crippen LogP contribution < -0.4 is 10.6 Å². The van der Waals surface area contributed by atoms with Gasteiger partial charge in [-0.1, -0.05) is 12.1 Å². The van der Waals surface area contributed by atoms with Crippen LogP contribution in [0, 0.1) is 0 Å². The van der Waals surface area contributed by atoms with E-state index in [-0.39, 0.29) is 18.2 Å². The van der Waals surface area contributed by atoms with Crippen LogP contribution in [0.5, 0.6) is 5.75 Å². The number of amides is 1. The van der Waals surface area contributed by atoms with Crippen LogP contribution in [0.2, 0.25) is 0 Å². The molecule has 6 heteroatoms. The summed E-state index contributed by atoms with van der Waals surface area (Å²) in [4.78, 5) is 16.2. The lowest BCUT2D eigenvalue weighted by atomic mass is 10.2. The number of carbonyl (C=O) groups excluding carboxylic acids is 1. The Balaban J connectivity index is 1.64. The molecule has 0 spiro atoms. The number of nitrogens with zero attached hydrogens (tertiary/aromatic N) is 2. The number of nitrogens with two attached hydrogens (primary N) is 1. The average molecular weight is 301 g/mol. The van der Waals surface area contributed by atoms with Crippen molar-refractivity contribution in [3.05, 3.63) is 47.9 Å². The minimum absolute atomic E-state index is 0.114. The number of para-hydroxylation sites is 2. The predicted molar refractivity (Wildman–Crippen MR) is 82.8 cm³/mol. The van der Waals surface area contributed by atoms with Crippen LogP contribution in [0.4, 0.5) is 5.69 Å². The topological polar surface area (TPSA) is 82.9 Å². The van der Waals surface area contributed by atoms with Gasteiger partial charge in [0.2, 0.25) is 0 Å². The number of hydrogen-bond donors (Lipinski definition) is 2. The summed E-state index contributed by atoms with van der Waals surface area (Å²) in [5, 5.41) is 9.90. The number of piperazine rings is 1. The number of furan rings is 1. The summed E-state index contributed by atoms with van der Waals surface area (Å²) in [7, 11) is 0. The molecule has 3 N–H and O–H groups in total. The van der Waals surface area contributed by atoms with Gasteiger partial charge < -0.3 is 25.1 Å². The Bertz CT molecular complexity index is 660. The predicted octanol–water partition coefficient (Wildman–Crippen LogP) is 1.41. The maximum absolute atomic E-state index is 12.4. The second-order valence-electron chi connectivity index (χ2n) is 5.24. The quantitative estimate of drug-likeness (QED) is 0.895. The molecule has 1 aliphatic heterocycles. The average Bonchev–Trinajstić information content (AvgIpc) is 3.04. The van der Waals surface area contributed by atoms with E-state index in [2.05, 4.69) is 4.90 Å². The van der Waals surface area contributed by atoms with E-state index in [4.69, 9.17) is 10.2 Å². The molecule has 1 aliphatic rings. The van der Waals surface area contributed by atoms with Gasteiger partial charge in [-0.3, -0.25) is 4.79 Å². The Kier molecular flexibility index (Phi) is 4.02. The zero-order chi connectivity index (χ0) is 15.5. The third-order valence-corrected chi connectivity index (χ3v) is 3.86. The molecule has 0 saturated carbocycles. The van der Waals surface area contributed by atoms with Gasteiger partial charge >= 0.3 is 0 Å². The maximum atomic E-state index is 12.4. The van der Waals surface area contributed by atoms with Gasteiger partial charge in [0.15, 0.2) is 5.76 Å². The number of phenols is 1. The van der Waals surface area contributed by atoms with E-state index in [0.717, 1.165) is 5.69 Å². The molecule has 1 saturated heterocycles. The number of carbonyl (C=O) groups is 1. The Hall–Kier alpha value is -2.47. The maximum Gasteiger partial charge on any atom is 0.289 e. The molecule has 22 heavy (non-hydrogen) atoms. The lowest BCUT2D eigenvalue weighted by Gasteiger charge is -2.35. The molecule has 6 nitrogen and oxygen atoms in total. The van der Waals surface area contributed by atoms with Crippen molar-refractivity contribution in [2.75, 3.05) is 31.1 Å². The largest absolute Gasteiger partial charge is 0.506 e. The van der Waals surface area contributed by atoms with Crippen molar-refractivity contribution in [3.63, 3.8) is 0 Å². The summed E-state index contributed by atoms with van der Waals surface area (Å²) >= 11 is 0. The van der Waals surface area contributed by atoms with Crippen LogP contribution in [0.1, 0.15) is 16.3 Å². The number of anilines is 1. The van der Waals surface area contributed by atoms with E-state index in [1.807, 2.05) is 12.1 Å². The second kappa shape index (κ2) is 6.11. The number of phenolic OH excluding ortho intramolecular Hbond substituents is 1. The summed E-state index contributed by atoms with van der Waals surface area (Å²) in [6.07, 6.45) is 0. The van der Waals surface area contributed by atoms with Gasteiger partial charge in [0.05, 0.1) is 12.2 Å². The number of hydrogen-bond acceptors (Lipinski definition) is 5. The van der Waals surface area contributed by atoms with Crippen LogP contribution in [-0.2, 0) is 6.54 Å². The molecule has 1 amide bonds. The van der Waals surface area contributed by atoms with Crippen molar-refractivity contribution in [2.45, 2.75) is 6.54 Å². The first-order valence-electron chi connectivity index (χ1n) is 7.30. The number of aromatic hydroxyl groups is 1. The van der Waals surface area contributed by atoms with Gasteiger partial charge in [-0.15, -0.1) is 0 Å². The zero-order valence-corrected chi connectivity index (χ0v) is 12.2. The highest BCUT2D eigenvalue weighted by Gasteiger charge is 2.25. The molecule has 0 atom stereocenters. The fraction of sp³-hybridized carbons (Fsp3) is 0.312. The smallest absolute Gasteiger partial charge is 0.289 e. The first kappa shape index (κ1) is 14.5. The van der Waals surface area contributed by atoms with Crippen molar-refractivity contribution in [2.24, 2.45) is 5.73 Å². The molecule has 0 bridgehead atoms. The highest BCUT2D eigenvalue weighted by molar-refractivity contribution is 5.91. The minimum atomic E-state index is -0.114. The second-order valence-corrected chi connectivity index (χ2v) is 5.24. The van der Waals surface area contributed by atoms with Crippen molar-refractivity contribution in [1.82, 2.24) is 4.90 Å². The molecule has 1 aromatic heterocycles. The molecule has 0 radical (unpaired) electrons. The van der Waals surface area contributed by atoms with Crippen molar-refractivity contribution < 1.29 is 14.3 Å². The van der Waals surface area contributed by atoms with Crippen molar-refractivity contribution in [3.8, 4) is 5.75 Å². The minimum Gasteiger partial charge on any atom is -0.506 e. The first-order valence-corrected chi connectivity index (χ1v) is 7.30. The molecule has 0 aliphatic carbocycles. The Morgan fingerprint density at radius 2 is 1.86 bits per heavy atom. The molecule has 1 aromatic carbocycles. The monoisotopic (exact) mass is 301 g/mol.